The third-order valence-corrected chi connectivity index (χ3v) is 3.74. The molecule has 0 amide bonds. The second-order valence-corrected chi connectivity index (χ2v) is 5.14. The summed E-state index contributed by atoms with van der Waals surface area (Å²) in [7, 11) is 0. The van der Waals surface area contributed by atoms with Crippen LogP contribution < -0.4 is 0 Å². The van der Waals surface area contributed by atoms with E-state index in [0.717, 1.165) is 23.9 Å². The van der Waals surface area contributed by atoms with Gasteiger partial charge in [0.15, 0.2) is 0 Å². The first kappa shape index (κ1) is 15.0. The minimum atomic E-state index is -4.37. The van der Waals surface area contributed by atoms with E-state index in [9.17, 15) is 13.2 Å². The molecular formula is C15H7F3N2S. The van der Waals surface area contributed by atoms with Crippen LogP contribution in [0.1, 0.15) is 16.7 Å². The molecule has 2 aromatic rings. The van der Waals surface area contributed by atoms with Gasteiger partial charge < -0.3 is 0 Å². The predicted molar refractivity (Wildman–Crippen MR) is 71.4 cm³/mol. The fourth-order valence-electron chi connectivity index (χ4n) is 1.66. The highest BCUT2D eigenvalue weighted by atomic mass is 32.2. The molecule has 0 fully saturated rings. The number of nitrogens with zero attached hydrogens (tertiary/aromatic N) is 2. The van der Waals surface area contributed by atoms with E-state index >= 15 is 0 Å². The molecule has 0 unspecified atom stereocenters. The van der Waals surface area contributed by atoms with Gasteiger partial charge in [-0.1, -0.05) is 17.8 Å². The molecule has 0 bridgehead atoms. The van der Waals surface area contributed by atoms with Gasteiger partial charge in [0.1, 0.15) is 12.1 Å². The van der Waals surface area contributed by atoms with Gasteiger partial charge >= 0.3 is 6.18 Å². The summed E-state index contributed by atoms with van der Waals surface area (Å²) in [6, 6.07) is 13.3. The molecule has 0 spiro atoms. The van der Waals surface area contributed by atoms with Crippen molar-refractivity contribution in [2.75, 3.05) is 0 Å². The van der Waals surface area contributed by atoms with E-state index in [-0.39, 0.29) is 11.1 Å². The smallest absolute Gasteiger partial charge is 0.192 e. The molecule has 0 aliphatic carbocycles. The summed E-state index contributed by atoms with van der Waals surface area (Å²) >= 11 is 1.15. The zero-order chi connectivity index (χ0) is 15.5. The molecule has 0 atom stereocenters. The summed E-state index contributed by atoms with van der Waals surface area (Å²) in [5, 5.41) is 18.0. The normalized spacial score (nSPS) is 10.7. The van der Waals surface area contributed by atoms with Gasteiger partial charge in [-0.3, -0.25) is 0 Å². The van der Waals surface area contributed by atoms with Gasteiger partial charge in [-0.2, -0.15) is 23.7 Å². The summed E-state index contributed by atoms with van der Waals surface area (Å²) in [4.78, 5) is 1.10. The molecule has 6 heteroatoms. The molecule has 2 aromatic carbocycles. The van der Waals surface area contributed by atoms with Crippen molar-refractivity contribution in [3.8, 4) is 12.1 Å². The third kappa shape index (κ3) is 3.36. The number of alkyl halides is 3. The Morgan fingerprint density at radius 2 is 1.57 bits per heavy atom. The standard InChI is InChI=1S/C15H7F3N2S/c16-15(17,18)11-4-6-12(7-5-11)21-14-3-1-2-10(8-19)13(14)9-20/h1-7H. The van der Waals surface area contributed by atoms with Crippen LogP contribution in [-0.2, 0) is 6.18 Å². The van der Waals surface area contributed by atoms with Crippen LogP contribution in [0.2, 0.25) is 0 Å². The average molecular weight is 304 g/mol. The van der Waals surface area contributed by atoms with Crippen LogP contribution in [0.15, 0.2) is 52.3 Å². The molecule has 2 rings (SSSR count). The van der Waals surface area contributed by atoms with Crippen LogP contribution >= 0.6 is 11.8 Å². The molecule has 21 heavy (non-hydrogen) atoms. The Balaban J connectivity index is 2.32. The first-order valence-corrected chi connectivity index (χ1v) is 6.55. The van der Waals surface area contributed by atoms with E-state index in [2.05, 4.69) is 0 Å². The number of hydrogen-bond donors (Lipinski definition) is 0. The first-order chi connectivity index (χ1) is 9.95. The van der Waals surface area contributed by atoms with Crippen molar-refractivity contribution >= 4 is 11.8 Å². The molecule has 104 valence electrons. The second-order valence-electron chi connectivity index (χ2n) is 4.03. The summed E-state index contributed by atoms with van der Waals surface area (Å²) in [6.45, 7) is 0. The van der Waals surface area contributed by atoms with E-state index in [1.165, 1.54) is 18.2 Å². The monoisotopic (exact) mass is 304 g/mol. The Bertz CT molecular complexity index is 737. The highest BCUT2D eigenvalue weighted by Crippen LogP contribution is 2.34. The molecule has 0 aromatic heterocycles. The maximum atomic E-state index is 12.5. The highest BCUT2D eigenvalue weighted by molar-refractivity contribution is 7.99. The van der Waals surface area contributed by atoms with Crippen LogP contribution in [0, 0.1) is 22.7 Å². The second kappa shape index (κ2) is 5.90. The minimum Gasteiger partial charge on any atom is -0.192 e. The zero-order valence-corrected chi connectivity index (χ0v) is 11.3. The SMILES string of the molecule is N#Cc1cccc(Sc2ccc(C(F)(F)F)cc2)c1C#N. The summed E-state index contributed by atoms with van der Waals surface area (Å²) in [5.74, 6) is 0. The maximum absolute atomic E-state index is 12.5. The van der Waals surface area contributed by atoms with Crippen molar-refractivity contribution in [3.05, 3.63) is 59.2 Å². The van der Waals surface area contributed by atoms with Gasteiger partial charge in [0.25, 0.3) is 0 Å². The van der Waals surface area contributed by atoms with E-state index in [1.54, 1.807) is 12.1 Å². The predicted octanol–water partition coefficient (Wildman–Crippen LogP) is 4.60. The minimum absolute atomic E-state index is 0.227. The Morgan fingerprint density at radius 3 is 2.10 bits per heavy atom. The molecular weight excluding hydrogens is 297 g/mol. The number of hydrogen-bond acceptors (Lipinski definition) is 3. The maximum Gasteiger partial charge on any atom is 0.416 e. The Kier molecular flexibility index (Phi) is 4.21. The largest absolute Gasteiger partial charge is 0.416 e. The van der Waals surface area contributed by atoms with Crippen molar-refractivity contribution in [3.63, 3.8) is 0 Å². The summed E-state index contributed by atoms with van der Waals surface area (Å²) in [5.41, 5.74) is -0.252. The van der Waals surface area contributed by atoms with E-state index < -0.39 is 11.7 Å². The lowest BCUT2D eigenvalue weighted by atomic mass is 10.1. The van der Waals surface area contributed by atoms with Crippen LogP contribution in [0.4, 0.5) is 13.2 Å². The summed E-state index contributed by atoms with van der Waals surface area (Å²) < 4.78 is 37.4. The zero-order valence-electron chi connectivity index (χ0n) is 10.5. The van der Waals surface area contributed by atoms with Gasteiger partial charge in [0, 0.05) is 9.79 Å². The Morgan fingerprint density at radius 1 is 0.905 bits per heavy atom. The van der Waals surface area contributed by atoms with E-state index in [0.29, 0.717) is 9.79 Å². The molecule has 0 saturated heterocycles. The van der Waals surface area contributed by atoms with Crippen molar-refractivity contribution in [2.24, 2.45) is 0 Å². The van der Waals surface area contributed by atoms with E-state index in [1.807, 2.05) is 12.1 Å². The molecule has 0 N–H and O–H groups in total. The highest BCUT2D eigenvalue weighted by Gasteiger charge is 2.29. The Labute approximate surface area is 123 Å². The van der Waals surface area contributed by atoms with Crippen molar-refractivity contribution in [1.82, 2.24) is 0 Å². The van der Waals surface area contributed by atoms with Crippen LogP contribution in [0.5, 0.6) is 0 Å². The lowest BCUT2D eigenvalue weighted by molar-refractivity contribution is -0.137. The third-order valence-electron chi connectivity index (χ3n) is 2.67. The molecule has 0 aliphatic rings. The van der Waals surface area contributed by atoms with Gasteiger partial charge in [0.2, 0.25) is 0 Å². The average Bonchev–Trinajstić information content (AvgIpc) is 2.46. The van der Waals surface area contributed by atoms with Gasteiger partial charge in [-0.05, 0) is 36.4 Å². The van der Waals surface area contributed by atoms with Gasteiger partial charge in [-0.25, -0.2) is 0 Å². The van der Waals surface area contributed by atoms with Crippen molar-refractivity contribution < 1.29 is 13.2 Å². The lowest BCUT2D eigenvalue weighted by Gasteiger charge is -2.08. The molecule has 0 heterocycles. The van der Waals surface area contributed by atoms with Gasteiger partial charge in [-0.15, -0.1) is 0 Å². The quantitative estimate of drug-likeness (QED) is 0.814. The van der Waals surface area contributed by atoms with Crippen LogP contribution in [-0.4, -0.2) is 0 Å². The van der Waals surface area contributed by atoms with Crippen molar-refractivity contribution in [2.45, 2.75) is 16.0 Å². The molecule has 0 saturated carbocycles. The number of nitriles is 2. The van der Waals surface area contributed by atoms with Crippen molar-refractivity contribution in [1.29, 1.82) is 10.5 Å². The van der Waals surface area contributed by atoms with Crippen LogP contribution in [0.25, 0.3) is 0 Å². The molecule has 0 aliphatic heterocycles. The molecule has 2 nitrogen and oxygen atoms in total. The number of halogens is 3. The number of benzene rings is 2. The lowest BCUT2D eigenvalue weighted by Crippen LogP contribution is -2.03. The van der Waals surface area contributed by atoms with Crippen LogP contribution in [0.3, 0.4) is 0 Å². The van der Waals surface area contributed by atoms with E-state index in [4.69, 9.17) is 10.5 Å². The topological polar surface area (TPSA) is 47.6 Å². The molecule has 0 radical (unpaired) electrons. The fourth-order valence-corrected chi connectivity index (χ4v) is 2.59. The summed E-state index contributed by atoms with van der Waals surface area (Å²) in [6.07, 6.45) is -4.37. The first-order valence-electron chi connectivity index (χ1n) is 5.74. The Hall–Kier alpha value is -2.44. The number of rotatable bonds is 2. The van der Waals surface area contributed by atoms with Gasteiger partial charge in [0.05, 0.1) is 16.7 Å². The fraction of sp³-hybridized carbons (Fsp3) is 0.0667.